The van der Waals surface area contributed by atoms with Crippen molar-refractivity contribution in [2.24, 2.45) is 5.73 Å². The molecule has 0 atom stereocenters. The highest BCUT2D eigenvalue weighted by Crippen LogP contribution is 2.26. The summed E-state index contributed by atoms with van der Waals surface area (Å²) in [5, 5.41) is 0. The molecule has 2 N–H and O–H groups in total. The lowest BCUT2D eigenvalue weighted by Gasteiger charge is -2.09. The molecule has 0 aromatic heterocycles. The Morgan fingerprint density at radius 3 is 2.35 bits per heavy atom. The van der Waals surface area contributed by atoms with Crippen LogP contribution >= 0.6 is 15.9 Å². The molecule has 3 nitrogen and oxygen atoms in total. The first-order valence-electron chi connectivity index (χ1n) is 6.47. The number of benzene rings is 2. The summed E-state index contributed by atoms with van der Waals surface area (Å²) in [6, 6.07) is 13.9. The van der Waals surface area contributed by atoms with Crippen molar-refractivity contribution < 1.29 is 9.47 Å². The second-order valence-electron chi connectivity index (χ2n) is 4.42. The van der Waals surface area contributed by atoms with Gasteiger partial charge in [-0.15, -0.1) is 0 Å². The van der Waals surface area contributed by atoms with Crippen LogP contribution in [0.1, 0.15) is 11.1 Å². The van der Waals surface area contributed by atoms with Crippen LogP contribution in [-0.4, -0.2) is 13.7 Å². The molecular formula is C16H18BrNO2. The van der Waals surface area contributed by atoms with E-state index in [1.54, 1.807) is 7.11 Å². The first kappa shape index (κ1) is 14.9. The Bertz CT molecular complexity index is 555. The van der Waals surface area contributed by atoms with Crippen LogP contribution < -0.4 is 15.2 Å². The molecule has 0 amide bonds. The van der Waals surface area contributed by atoms with E-state index < -0.39 is 0 Å². The minimum absolute atomic E-state index is 0.532. The van der Waals surface area contributed by atoms with E-state index in [1.807, 2.05) is 30.3 Å². The Hall–Kier alpha value is -1.52. The first-order chi connectivity index (χ1) is 9.72. The van der Waals surface area contributed by atoms with Crippen molar-refractivity contribution in [1.82, 2.24) is 0 Å². The summed E-state index contributed by atoms with van der Waals surface area (Å²) in [6.07, 6.45) is 0.856. The molecule has 0 radical (unpaired) electrons. The molecule has 4 heteroatoms. The number of methoxy groups -OCH3 is 1. The molecule has 0 aliphatic heterocycles. The van der Waals surface area contributed by atoms with Crippen molar-refractivity contribution in [2.75, 3.05) is 13.7 Å². The molecule has 2 aromatic carbocycles. The van der Waals surface area contributed by atoms with Crippen molar-refractivity contribution in [3.63, 3.8) is 0 Å². The smallest absolute Gasteiger partial charge is 0.133 e. The lowest BCUT2D eigenvalue weighted by molar-refractivity contribution is 0.320. The largest absolute Gasteiger partial charge is 0.497 e. The maximum Gasteiger partial charge on any atom is 0.133 e. The fraction of sp³-hybridized carbons (Fsp3) is 0.250. The summed E-state index contributed by atoms with van der Waals surface area (Å²) >= 11 is 3.50. The quantitative estimate of drug-likeness (QED) is 0.878. The molecule has 20 heavy (non-hydrogen) atoms. The Balaban J connectivity index is 1.88. The van der Waals surface area contributed by atoms with Gasteiger partial charge in [0, 0.05) is 13.0 Å². The van der Waals surface area contributed by atoms with Crippen LogP contribution in [-0.2, 0) is 13.0 Å². The third kappa shape index (κ3) is 3.99. The van der Waals surface area contributed by atoms with E-state index in [0.717, 1.165) is 28.0 Å². The van der Waals surface area contributed by atoms with Gasteiger partial charge in [-0.05, 0) is 51.3 Å². The fourth-order valence-corrected chi connectivity index (χ4v) is 2.40. The molecule has 0 aliphatic carbocycles. The molecule has 106 valence electrons. The summed E-state index contributed by atoms with van der Waals surface area (Å²) in [7, 11) is 1.67. The molecule has 2 aromatic rings. The summed E-state index contributed by atoms with van der Waals surface area (Å²) in [6.45, 7) is 1.16. The van der Waals surface area contributed by atoms with Gasteiger partial charge in [0.1, 0.15) is 11.5 Å². The average molecular weight is 336 g/mol. The van der Waals surface area contributed by atoms with Gasteiger partial charge >= 0.3 is 0 Å². The van der Waals surface area contributed by atoms with Crippen LogP contribution in [0.25, 0.3) is 0 Å². The van der Waals surface area contributed by atoms with Gasteiger partial charge in [0.15, 0.2) is 0 Å². The van der Waals surface area contributed by atoms with Crippen LogP contribution in [0, 0.1) is 0 Å². The molecule has 2 rings (SSSR count). The van der Waals surface area contributed by atoms with Gasteiger partial charge in [0.05, 0.1) is 18.2 Å². The first-order valence-corrected chi connectivity index (χ1v) is 7.26. The zero-order chi connectivity index (χ0) is 14.4. The highest BCUT2D eigenvalue weighted by molar-refractivity contribution is 9.10. The number of rotatable bonds is 6. The predicted octanol–water partition coefficient (Wildman–Crippen LogP) is 3.54. The number of halogens is 1. The lowest BCUT2D eigenvalue weighted by atomic mass is 10.1. The highest BCUT2D eigenvalue weighted by atomic mass is 79.9. The number of hydrogen-bond donors (Lipinski definition) is 1. The van der Waals surface area contributed by atoms with Gasteiger partial charge in [-0.3, -0.25) is 0 Å². The van der Waals surface area contributed by atoms with Crippen molar-refractivity contribution in [1.29, 1.82) is 0 Å². The summed E-state index contributed by atoms with van der Waals surface area (Å²) < 4.78 is 11.9. The topological polar surface area (TPSA) is 44.5 Å². The van der Waals surface area contributed by atoms with E-state index in [2.05, 4.69) is 28.1 Å². The maximum atomic E-state index is 5.78. The molecule has 0 fully saturated rings. The molecule has 0 heterocycles. The van der Waals surface area contributed by atoms with E-state index in [0.29, 0.717) is 13.2 Å². The number of ether oxygens (including phenoxy) is 2. The minimum Gasteiger partial charge on any atom is -0.497 e. The Labute approximate surface area is 127 Å². The summed E-state index contributed by atoms with van der Waals surface area (Å²) in [5.41, 5.74) is 7.90. The monoisotopic (exact) mass is 335 g/mol. The van der Waals surface area contributed by atoms with Crippen molar-refractivity contribution in [3.05, 3.63) is 58.1 Å². The SMILES string of the molecule is COc1ccc(CCOc2ccc(CN)cc2Br)cc1. The minimum atomic E-state index is 0.532. The second kappa shape index (κ2) is 7.31. The zero-order valence-corrected chi connectivity index (χ0v) is 13.0. The van der Waals surface area contributed by atoms with Gasteiger partial charge < -0.3 is 15.2 Å². The van der Waals surface area contributed by atoms with Gasteiger partial charge in [0.25, 0.3) is 0 Å². The van der Waals surface area contributed by atoms with Crippen LogP contribution in [0.15, 0.2) is 46.9 Å². The van der Waals surface area contributed by atoms with Crippen molar-refractivity contribution in [2.45, 2.75) is 13.0 Å². The molecule has 0 spiro atoms. The summed E-state index contributed by atoms with van der Waals surface area (Å²) in [4.78, 5) is 0. The predicted molar refractivity (Wildman–Crippen MR) is 84.2 cm³/mol. The van der Waals surface area contributed by atoms with Gasteiger partial charge in [0.2, 0.25) is 0 Å². The zero-order valence-electron chi connectivity index (χ0n) is 11.4. The number of hydrogen-bond acceptors (Lipinski definition) is 3. The molecule has 0 unspecified atom stereocenters. The molecule has 0 aliphatic rings. The maximum absolute atomic E-state index is 5.78. The van der Waals surface area contributed by atoms with E-state index in [4.69, 9.17) is 15.2 Å². The van der Waals surface area contributed by atoms with E-state index in [1.165, 1.54) is 5.56 Å². The normalized spacial score (nSPS) is 10.3. The Morgan fingerprint density at radius 2 is 1.75 bits per heavy atom. The van der Waals surface area contributed by atoms with Crippen molar-refractivity contribution >= 4 is 15.9 Å². The molecule has 0 saturated carbocycles. The molecular weight excluding hydrogens is 318 g/mol. The average Bonchev–Trinajstić information content (AvgIpc) is 2.49. The van der Waals surface area contributed by atoms with Crippen LogP contribution in [0.3, 0.4) is 0 Å². The van der Waals surface area contributed by atoms with Crippen molar-refractivity contribution in [3.8, 4) is 11.5 Å². The van der Waals surface area contributed by atoms with Gasteiger partial charge in [-0.1, -0.05) is 18.2 Å². The Morgan fingerprint density at radius 1 is 1.05 bits per heavy atom. The van der Waals surface area contributed by atoms with Crippen LogP contribution in [0.5, 0.6) is 11.5 Å². The third-order valence-electron chi connectivity index (χ3n) is 3.04. The Kier molecular flexibility index (Phi) is 5.44. The van der Waals surface area contributed by atoms with Gasteiger partial charge in [-0.25, -0.2) is 0 Å². The fourth-order valence-electron chi connectivity index (χ4n) is 1.86. The molecule has 0 saturated heterocycles. The van der Waals surface area contributed by atoms with E-state index >= 15 is 0 Å². The third-order valence-corrected chi connectivity index (χ3v) is 3.66. The summed E-state index contributed by atoms with van der Waals surface area (Å²) in [5.74, 6) is 1.71. The standard InChI is InChI=1S/C16H18BrNO2/c1-19-14-5-2-12(3-6-14)8-9-20-16-7-4-13(11-18)10-15(16)17/h2-7,10H,8-9,11,18H2,1H3. The van der Waals surface area contributed by atoms with Gasteiger partial charge in [-0.2, -0.15) is 0 Å². The lowest BCUT2D eigenvalue weighted by Crippen LogP contribution is -2.03. The highest BCUT2D eigenvalue weighted by Gasteiger charge is 2.02. The molecule has 0 bridgehead atoms. The van der Waals surface area contributed by atoms with Crippen LogP contribution in [0.4, 0.5) is 0 Å². The number of nitrogens with two attached hydrogens (primary N) is 1. The van der Waals surface area contributed by atoms with E-state index in [-0.39, 0.29) is 0 Å². The van der Waals surface area contributed by atoms with Crippen LogP contribution in [0.2, 0.25) is 0 Å². The second-order valence-corrected chi connectivity index (χ2v) is 5.27. The van der Waals surface area contributed by atoms with E-state index in [9.17, 15) is 0 Å².